The lowest BCUT2D eigenvalue weighted by Gasteiger charge is -2.30. The fourth-order valence-corrected chi connectivity index (χ4v) is 3.22. The second-order valence-corrected chi connectivity index (χ2v) is 7.84. The monoisotopic (exact) mass is 338 g/mol. The third kappa shape index (κ3) is 5.43. The smallest absolute Gasteiger partial charge is 0.146 e. The molecule has 1 aliphatic rings. The Hall–Kier alpha value is -1.17. The molecule has 0 amide bonds. The number of anilines is 1. The number of nitrogens with zero attached hydrogens (tertiary/aromatic N) is 1. The van der Waals surface area contributed by atoms with Crippen molar-refractivity contribution < 1.29 is 14.2 Å². The van der Waals surface area contributed by atoms with Crippen LogP contribution < -0.4 is 10.2 Å². The van der Waals surface area contributed by atoms with Crippen LogP contribution in [0.25, 0.3) is 0 Å². The molecule has 2 atom stereocenters. The van der Waals surface area contributed by atoms with Crippen molar-refractivity contribution in [1.29, 1.82) is 0 Å². The van der Waals surface area contributed by atoms with Gasteiger partial charge >= 0.3 is 0 Å². The largest absolute Gasteiger partial charge is 0.395 e. The van der Waals surface area contributed by atoms with Gasteiger partial charge in [-0.05, 0) is 36.5 Å². The maximum absolute atomic E-state index is 14.5. The van der Waals surface area contributed by atoms with Crippen LogP contribution in [0.2, 0.25) is 0 Å². The summed E-state index contributed by atoms with van der Waals surface area (Å²) in [6.45, 7) is 11.3. The summed E-state index contributed by atoms with van der Waals surface area (Å²) < 4.78 is 19.8. The van der Waals surface area contributed by atoms with Crippen LogP contribution in [-0.4, -0.2) is 44.1 Å². The van der Waals surface area contributed by atoms with E-state index in [9.17, 15) is 9.50 Å². The van der Waals surface area contributed by atoms with E-state index in [4.69, 9.17) is 4.74 Å². The average Bonchev–Trinajstić information content (AvgIpc) is 2.53. The van der Waals surface area contributed by atoms with Gasteiger partial charge in [-0.15, -0.1) is 0 Å². The first-order valence-electron chi connectivity index (χ1n) is 8.79. The van der Waals surface area contributed by atoms with Gasteiger partial charge in [0.25, 0.3) is 0 Å². The molecule has 0 spiro atoms. The van der Waals surface area contributed by atoms with Gasteiger partial charge in [0, 0.05) is 25.2 Å². The molecule has 1 aromatic carbocycles. The van der Waals surface area contributed by atoms with Crippen LogP contribution in [0.15, 0.2) is 18.2 Å². The zero-order valence-electron chi connectivity index (χ0n) is 15.3. The number of benzene rings is 1. The molecular formula is C19H31FN2O2. The molecule has 2 unspecified atom stereocenters. The van der Waals surface area contributed by atoms with Gasteiger partial charge < -0.3 is 20.1 Å². The molecule has 5 heteroatoms. The topological polar surface area (TPSA) is 44.7 Å². The predicted octanol–water partition coefficient (Wildman–Crippen LogP) is 3.11. The molecule has 1 aliphatic heterocycles. The first kappa shape index (κ1) is 19.2. The van der Waals surface area contributed by atoms with Crippen molar-refractivity contribution >= 4 is 5.69 Å². The molecule has 0 bridgehead atoms. The summed E-state index contributed by atoms with van der Waals surface area (Å²) in [5.41, 5.74) is 1.67. The number of hydrogen-bond donors (Lipinski definition) is 2. The summed E-state index contributed by atoms with van der Waals surface area (Å²) in [7, 11) is 0. The van der Waals surface area contributed by atoms with Gasteiger partial charge in [0.15, 0.2) is 0 Å². The highest BCUT2D eigenvalue weighted by Gasteiger charge is 2.21. The second-order valence-electron chi connectivity index (χ2n) is 7.84. The highest BCUT2D eigenvalue weighted by Crippen LogP contribution is 2.26. The number of morpholine rings is 1. The Labute approximate surface area is 145 Å². The minimum Gasteiger partial charge on any atom is -0.395 e. The molecule has 1 fully saturated rings. The van der Waals surface area contributed by atoms with E-state index in [1.807, 2.05) is 24.0 Å². The van der Waals surface area contributed by atoms with Gasteiger partial charge in [0.05, 0.1) is 25.5 Å². The van der Waals surface area contributed by atoms with Crippen molar-refractivity contribution in [2.24, 2.45) is 5.41 Å². The molecule has 0 radical (unpaired) electrons. The lowest BCUT2D eigenvalue weighted by atomic mass is 9.88. The number of ether oxygens (including phenoxy) is 1. The van der Waals surface area contributed by atoms with E-state index in [2.05, 4.69) is 26.1 Å². The third-order valence-electron chi connectivity index (χ3n) is 4.39. The number of hydrogen-bond acceptors (Lipinski definition) is 4. The Kier molecular flexibility index (Phi) is 6.61. The minimum atomic E-state index is -0.195. The predicted molar refractivity (Wildman–Crippen MR) is 95.9 cm³/mol. The minimum absolute atomic E-state index is 0.00183. The first-order chi connectivity index (χ1) is 11.3. The molecule has 24 heavy (non-hydrogen) atoms. The maximum Gasteiger partial charge on any atom is 0.146 e. The van der Waals surface area contributed by atoms with Gasteiger partial charge in [-0.1, -0.05) is 26.8 Å². The number of aliphatic hydroxyl groups is 1. The number of rotatable bonds is 6. The van der Waals surface area contributed by atoms with Crippen molar-refractivity contribution in [1.82, 2.24) is 5.32 Å². The fraction of sp³-hybridized carbons (Fsp3) is 0.684. The van der Waals surface area contributed by atoms with Crippen molar-refractivity contribution in [2.75, 3.05) is 37.8 Å². The summed E-state index contributed by atoms with van der Waals surface area (Å²) in [5.74, 6) is -0.195. The number of nitrogens with one attached hydrogen (secondary N) is 1. The van der Waals surface area contributed by atoms with Crippen molar-refractivity contribution in [3.05, 3.63) is 29.6 Å². The molecule has 1 saturated heterocycles. The van der Waals surface area contributed by atoms with Gasteiger partial charge in [0.1, 0.15) is 5.82 Å². The Balaban J connectivity index is 2.04. The fourth-order valence-electron chi connectivity index (χ4n) is 3.22. The second kappa shape index (κ2) is 8.28. The molecule has 1 aromatic rings. The summed E-state index contributed by atoms with van der Waals surface area (Å²) in [4.78, 5) is 2.02. The molecular weight excluding hydrogens is 307 g/mol. The van der Waals surface area contributed by atoms with E-state index >= 15 is 0 Å². The summed E-state index contributed by atoms with van der Waals surface area (Å²) in [6.07, 6.45) is 0.863. The SMILES string of the molecule is CC(NC(CO)CC(C)(C)C)c1ccc(N2CCOCC2)c(F)c1. The Bertz CT molecular complexity index is 525. The highest BCUT2D eigenvalue weighted by molar-refractivity contribution is 5.49. The molecule has 2 N–H and O–H groups in total. The third-order valence-corrected chi connectivity index (χ3v) is 4.39. The number of halogens is 1. The zero-order valence-corrected chi connectivity index (χ0v) is 15.3. The van der Waals surface area contributed by atoms with Crippen LogP contribution in [0.5, 0.6) is 0 Å². The van der Waals surface area contributed by atoms with E-state index in [0.717, 1.165) is 25.1 Å². The van der Waals surface area contributed by atoms with Crippen LogP contribution >= 0.6 is 0 Å². The first-order valence-corrected chi connectivity index (χ1v) is 8.79. The summed E-state index contributed by atoms with van der Waals surface area (Å²) >= 11 is 0. The van der Waals surface area contributed by atoms with Crippen molar-refractivity contribution in [2.45, 2.75) is 46.2 Å². The lowest BCUT2D eigenvalue weighted by molar-refractivity contribution is 0.122. The van der Waals surface area contributed by atoms with Crippen molar-refractivity contribution in [3.8, 4) is 0 Å². The molecule has 2 rings (SSSR count). The van der Waals surface area contributed by atoms with Crippen LogP contribution in [0.4, 0.5) is 10.1 Å². The highest BCUT2D eigenvalue weighted by atomic mass is 19.1. The molecule has 4 nitrogen and oxygen atoms in total. The van der Waals surface area contributed by atoms with Crippen LogP contribution in [0.1, 0.15) is 45.7 Å². The Morgan fingerprint density at radius 2 is 1.96 bits per heavy atom. The molecule has 136 valence electrons. The van der Waals surface area contributed by atoms with E-state index in [0.29, 0.717) is 18.9 Å². The Morgan fingerprint density at radius 3 is 2.50 bits per heavy atom. The van der Waals surface area contributed by atoms with Gasteiger partial charge in [-0.2, -0.15) is 0 Å². The standard InChI is InChI=1S/C19H31FN2O2/c1-14(21-16(13-23)12-19(2,3)4)15-5-6-18(17(20)11-15)22-7-9-24-10-8-22/h5-6,11,14,16,21,23H,7-10,12-13H2,1-4H3. The van der Waals surface area contributed by atoms with Crippen LogP contribution in [0, 0.1) is 11.2 Å². The molecule has 0 saturated carbocycles. The summed E-state index contributed by atoms with van der Waals surface area (Å²) in [6, 6.07) is 5.41. The Morgan fingerprint density at radius 1 is 1.29 bits per heavy atom. The molecule has 0 aromatic heterocycles. The van der Waals surface area contributed by atoms with E-state index in [1.165, 1.54) is 0 Å². The number of aliphatic hydroxyl groups excluding tert-OH is 1. The van der Waals surface area contributed by atoms with Crippen LogP contribution in [-0.2, 0) is 4.74 Å². The van der Waals surface area contributed by atoms with Crippen LogP contribution in [0.3, 0.4) is 0 Å². The average molecular weight is 338 g/mol. The van der Waals surface area contributed by atoms with E-state index in [1.54, 1.807) is 6.07 Å². The van der Waals surface area contributed by atoms with Gasteiger partial charge in [-0.25, -0.2) is 4.39 Å². The van der Waals surface area contributed by atoms with E-state index < -0.39 is 0 Å². The zero-order chi connectivity index (χ0) is 17.7. The van der Waals surface area contributed by atoms with E-state index in [-0.39, 0.29) is 29.9 Å². The molecule has 0 aliphatic carbocycles. The van der Waals surface area contributed by atoms with Gasteiger partial charge in [0.2, 0.25) is 0 Å². The van der Waals surface area contributed by atoms with Gasteiger partial charge in [-0.3, -0.25) is 0 Å². The summed E-state index contributed by atoms with van der Waals surface area (Å²) in [5, 5.41) is 13.0. The quantitative estimate of drug-likeness (QED) is 0.836. The normalized spacial score (nSPS) is 18.5. The lowest BCUT2D eigenvalue weighted by Crippen LogP contribution is -2.38. The maximum atomic E-state index is 14.5. The van der Waals surface area contributed by atoms with Crippen molar-refractivity contribution in [3.63, 3.8) is 0 Å². The molecule has 1 heterocycles.